The van der Waals surface area contributed by atoms with Gasteiger partial charge in [0.25, 0.3) is 0 Å². The summed E-state index contributed by atoms with van der Waals surface area (Å²) in [5, 5.41) is 2.93. The average molecular weight is 258 g/mol. The van der Waals surface area contributed by atoms with Crippen LogP contribution in [0.25, 0.3) is 0 Å². The number of likely N-dealkylation sites (tertiary alicyclic amines) is 1. The first-order valence-corrected chi connectivity index (χ1v) is 6.61. The lowest BCUT2D eigenvalue weighted by Crippen LogP contribution is -2.46. The maximum Gasteiger partial charge on any atom is 0.407 e. The molecule has 0 aromatic rings. The average Bonchev–Trinajstić information content (AvgIpc) is 2.25. The topological polar surface area (TPSA) is 50.8 Å². The van der Waals surface area contributed by atoms with E-state index in [0.717, 1.165) is 39.1 Å². The molecule has 0 spiro atoms. The predicted molar refractivity (Wildman–Crippen MR) is 70.7 cm³/mol. The number of carbonyl (C=O) groups excluding carboxylic acids is 1. The molecule has 0 bridgehead atoms. The van der Waals surface area contributed by atoms with Crippen molar-refractivity contribution in [1.29, 1.82) is 0 Å². The van der Waals surface area contributed by atoms with E-state index in [1.165, 1.54) is 0 Å². The van der Waals surface area contributed by atoms with Gasteiger partial charge in [-0.15, -0.1) is 0 Å². The van der Waals surface area contributed by atoms with Crippen molar-refractivity contribution in [3.8, 4) is 0 Å². The molecule has 0 atom stereocenters. The van der Waals surface area contributed by atoms with Crippen LogP contribution in [-0.2, 0) is 9.47 Å². The van der Waals surface area contributed by atoms with Gasteiger partial charge in [-0.25, -0.2) is 4.79 Å². The van der Waals surface area contributed by atoms with Crippen molar-refractivity contribution in [3.63, 3.8) is 0 Å². The Bertz CT molecular complexity index is 255. The summed E-state index contributed by atoms with van der Waals surface area (Å²) in [5.74, 6) is 0. The molecule has 1 aliphatic heterocycles. The number of ether oxygens (including phenoxy) is 2. The van der Waals surface area contributed by atoms with E-state index < -0.39 is 5.60 Å². The highest BCUT2D eigenvalue weighted by Gasteiger charge is 2.23. The van der Waals surface area contributed by atoms with Crippen molar-refractivity contribution >= 4 is 6.09 Å². The fourth-order valence-electron chi connectivity index (χ4n) is 2.00. The molecule has 0 aliphatic carbocycles. The Morgan fingerprint density at radius 1 is 1.33 bits per heavy atom. The van der Waals surface area contributed by atoms with E-state index in [0.29, 0.717) is 0 Å². The van der Waals surface area contributed by atoms with Crippen LogP contribution in [0.15, 0.2) is 0 Å². The van der Waals surface area contributed by atoms with Crippen molar-refractivity contribution in [2.24, 2.45) is 0 Å². The number of hydrogen-bond acceptors (Lipinski definition) is 4. The molecule has 0 radical (unpaired) electrons. The van der Waals surface area contributed by atoms with E-state index in [-0.39, 0.29) is 12.1 Å². The molecule has 1 fully saturated rings. The Morgan fingerprint density at radius 2 is 1.94 bits per heavy atom. The van der Waals surface area contributed by atoms with Crippen molar-refractivity contribution < 1.29 is 14.3 Å². The van der Waals surface area contributed by atoms with Gasteiger partial charge in [0.1, 0.15) is 5.60 Å². The standard InChI is InChI=1S/C13H26N2O3/c1-13(2,3)18-12(16)14-11-5-7-15(8-6-11)9-10-17-4/h11H,5-10H2,1-4H3,(H,14,16). The van der Waals surface area contributed by atoms with E-state index in [4.69, 9.17) is 9.47 Å². The zero-order valence-electron chi connectivity index (χ0n) is 12.0. The van der Waals surface area contributed by atoms with Gasteiger partial charge < -0.3 is 19.7 Å². The normalized spacial score (nSPS) is 18.7. The molecule has 1 N–H and O–H groups in total. The fourth-order valence-corrected chi connectivity index (χ4v) is 2.00. The molecule has 1 aliphatic rings. The van der Waals surface area contributed by atoms with Crippen LogP contribution in [-0.4, -0.2) is 56.0 Å². The number of methoxy groups -OCH3 is 1. The first kappa shape index (κ1) is 15.2. The monoisotopic (exact) mass is 258 g/mol. The maximum atomic E-state index is 11.6. The van der Waals surface area contributed by atoms with Crippen LogP contribution in [0, 0.1) is 0 Å². The van der Waals surface area contributed by atoms with Gasteiger partial charge in [0.05, 0.1) is 6.61 Å². The van der Waals surface area contributed by atoms with Gasteiger partial charge in [-0.05, 0) is 33.6 Å². The van der Waals surface area contributed by atoms with Gasteiger partial charge >= 0.3 is 6.09 Å². The minimum Gasteiger partial charge on any atom is -0.444 e. The molecule has 1 saturated heterocycles. The summed E-state index contributed by atoms with van der Waals surface area (Å²) in [6.45, 7) is 9.37. The largest absolute Gasteiger partial charge is 0.444 e. The molecule has 0 unspecified atom stereocenters. The molecule has 0 saturated carbocycles. The molecule has 5 nitrogen and oxygen atoms in total. The summed E-state index contributed by atoms with van der Waals surface area (Å²) in [6.07, 6.45) is 1.64. The second-order valence-electron chi connectivity index (χ2n) is 5.75. The zero-order chi connectivity index (χ0) is 13.6. The molecule has 0 aromatic carbocycles. The molecular formula is C13H26N2O3. The van der Waals surface area contributed by atoms with Gasteiger partial charge in [-0.1, -0.05) is 0 Å². The fraction of sp³-hybridized carbons (Fsp3) is 0.923. The van der Waals surface area contributed by atoms with E-state index in [1.54, 1.807) is 7.11 Å². The number of amides is 1. The minimum atomic E-state index is -0.427. The van der Waals surface area contributed by atoms with Crippen LogP contribution in [0.3, 0.4) is 0 Å². The van der Waals surface area contributed by atoms with Crippen LogP contribution in [0.2, 0.25) is 0 Å². The van der Waals surface area contributed by atoms with Crippen molar-refractivity contribution in [3.05, 3.63) is 0 Å². The Morgan fingerprint density at radius 3 is 2.44 bits per heavy atom. The van der Waals surface area contributed by atoms with Crippen LogP contribution in [0.4, 0.5) is 4.79 Å². The third-order valence-corrected chi connectivity index (χ3v) is 2.92. The third-order valence-electron chi connectivity index (χ3n) is 2.92. The second kappa shape index (κ2) is 6.95. The second-order valence-corrected chi connectivity index (χ2v) is 5.75. The van der Waals surface area contributed by atoms with E-state index >= 15 is 0 Å². The lowest BCUT2D eigenvalue weighted by Gasteiger charge is -2.32. The van der Waals surface area contributed by atoms with Gasteiger partial charge in [0.15, 0.2) is 0 Å². The summed E-state index contributed by atoms with van der Waals surface area (Å²) in [6, 6.07) is 0.235. The van der Waals surface area contributed by atoms with Crippen molar-refractivity contribution in [2.45, 2.75) is 45.3 Å². The number of piperidine rings is 1. The first-order valence-electron chi connectivity index (χ1n) is 6.61. The Labute approximate surface area is 110 Å². The maximum absolute atomic E-state index is 11.6. The number of carbonyl (C=O) groups is 1. The lowest BCUT2D eigenvalue weighted by molar-refractivity contribution is 0.0472. The summed E-state index contributed by atoms with van der Waals surface area (Å²) in [4.78, 5) is 14.0. The Balaban J connectivity index is 2.21. The van der Waals surface area contributed by atoms with Gasteiger partial charge in [0.2, 0.25) is 0 Å². The smallest absolute Gasteiger partial charge is 0.407 e. The summed E-state index contributed by atoms with van der Waals surface area (Å²) in [7, 11) is 1.72. The highest BCUT2D eigenvalue weighted by molar-refractivity contribution is 5.68. The summed E-state index contributed by atoms with van der Waals surface area (Å²) < 4.78 is 10.3. The zero-order valence-corrected chi connectivity index (χ0v) is 12.0. The van der Waals surface area contributed by atoms with E-state index in [2.05, 4.69) is 10.2 Å². The molecule has 1 amide bonds. The van der Waals surface area contributed by atoms with E-state index in [9.17, 15) is 4.79 Å². The molecule has 0 aromatic heterocycles. The van der Waals surface area contributed by atoms with Crippen LogP contribution in [0.1, 0.15) is 33.6 Å². The highest BCUT2D eigenvalue weighted by atomic mass is 16.6. The number of nitrogens with zero attached hydrogens (tertiary/aromatic N) is 1. The van der Waals surface area contributed by atoms with Crippen molar-refractivity contribution in [2.75, 3.05) is 33.4 Å². The van der Waals surface area contributed by atoms with Gasteiger partial charge in [-0.2, -0.15) is 0 Å². The van der Waals surface area contributed by atoms with Gasteiger partial charge in [0, 0.05) is 32.8 Å². The van der Waals surface area contributed by atoms with Crippen molar-refractivity contribution in [1.82, 2.24) is 10.2 Å². The Hall–Kier alpha value is -0.810. The predicted octanol–water partition coefficient (Wildman–Crippen LogP) is 1.62. The molecule has 106 valence electrons. The minimum absolute atomic E-state index is 0.235. The first-order chi connectivity index (χ1) is 8.40. The summed E-state index contributed by atoms with van der Waals surface area (Å²) in [5.41, 5.74) is -0.427. The SMILES string of the molecule is COCCN1CCC(NC(=O)OC(C)(C)C)CC1. The molecule has 1 heterocycles. The number of alkyl carbamates (subject to hydrolysis) is 1. The number of nitrogens with one attached hydrogen (secondary N) is 1. The molecule has 18 heavy (non-hydrogen) atoms. The number of rotatable bonds is 4. The highest BCUT2D eigenvalue weighted by Crippen LogP contribution is 2.12. The molecular weight excluding hydrogens is 232 g/mol. The lowest BCUT2D eigenvalue weighted by atomic mass is 10.1. The van der Waals surface area contributed by atoms with Crippen LogP contribution >= 0.6 is 0 Å². The quantitative estimate of drug-likeness (QED) is 0.832. The van der Waals surface area contributed by atoms with Crippen LogP contribution in [0.5, 0.6) is 0 Å². The molecule has 5 heteroatoms. The van der Waals surface area contributed by atoms with Gasteiger partial charge in [-0.3, -0.25) is 0 Å². The van der Waals surface area contributed by atoms with E-state index in [1.807, 2.05) is 20.8 Å². The number of hydrogen-bond donors (Lipinski definition) is 1. The summed E-state index contributed by atoms with van der Waals surface area (Å²) >= 11 is 0. The Kier molecular flexibility index (Phi) is 5.88. The van der Waals surface area contributed by atoms with Crippen LogP contribution < -0.4 is 5.32 Å². The third kappa shape index (κ3) is 6.21. The molecule has 1 rings (SSSR count).